The largest absolute Gasteiger partial charge is 0.352 e. The molecule has 0 unspecified atom stereocenters. The van der Waals surface area contributed by atoms with Crippen LogP contribution in [0.1, 0.15) is 21.5 Å². The fourth-order valence-electron chi connectivity index (χ4n) is 1.78. The lowest BCUT2D eigenvalue weighted by Gasteiger charge is -2.07. The summed E-state index contributed by atoms with van der Waals surface area (Å²) in [6.07, 6.45) is 4.32. The van der Waals surface area contributed by atoms with Crippen molar-refractivity contribution < 1.29 is 4.79 Å². The van der Waals surface area contributed by atoms with E-state index in [2.05, 4.69) is 26.2 Å². The maximum Gasteiger partial charge on any atom is 0.252 e. The molecule has 0 fully saturated rings. The third kappa shape index (κ3) is 3.89. The molecule has 3 nitrogen and oxygen atoms in total. The second-order valence-electron chi connectivity index (χ2n) is 4.34. The Morgan fingerprint density at radius 1 is 1.26 bits per heavy atom. The molecule has 98 valence electrons. The Morgan fingerprint density at radius 3 is 2.74 bits per heavy atom. The van der Waals surface area contributed by atoms with Gasteiger partial charge in [0.2, 0.25) is 0 Å². The van der Waals surface area contributed by atoms with Crippen LogP contribution in [-0.4, -0.2) is 17.4 Å². The highest BCUT2D eigenvalue weighted by atomic mass is 79.9. The fraction of sp³-hybridized carbons (Fsp3) is 0.200. The molecule has 0 spiro atoms. The standard InChI is InChI=1S/C15H15BrN2O/c1-11-2-3-14(16)13(10-11)15(19)18-9-6-12-4-7-17-8-5-12/h2-5,7-8,10H,6,9H2,1H3,(H,18,19). The summed E-state index contributed by atoms with van der Waals surface area (Å²) in [5.41, 5.74) is 2.91. The summed E-state index contributed by atoms with van der Waals surface area (Å²) in [6.45, 7) is 2.59. The van der Waals surface area contributed by atoms with Gasteiger partial charge in [0.1, 0.15) is 0 Å². The molecule has 2 aromatic rings. The molecule has 1 aromatic carbocycles. The first-order valence-corrected chi connectivity index (χ1v) is 6.89. The molecule has 4 heteroatoms. The minimum atomic E-state index is -0.0513. The number of carbonyl (C=O) groups is 1. The van der Waals surface area contributed by atoms with E-state index in [0.717, 1.165) is 16.5 Å². The van der Waals surface area contributed by atoms with Gasteiger partial charge in [-0.1, -0.05) is 11.6 Å². The van der Waals surface area contributed by atoms with Crippen LogP contribution in [0.3, 0.4) is 0 Å². The third-order valence-corrected chi connectivity index (χ3v) is 3.51. The van der Waals surface area contributed by atoms with Crippen molar-refractivity contribution >= 4 is 21.8 Å². The van der Waals surface area contributed by atoms with Crippen LogP contribution >= 0.6 is 15.9 Å². The van der Waals surface area contributed by atoms with Crippen LogP contribution in [0.15, 0.2) is 47.2 Å². The van der Waals surface area contributed by atoms with E-state index in [0.29, 0.717) is 12.1 Å². The molecule has 0 saturated heterocycles. The molecule has 19 heavy (non-hydrogen) atoms. The van der Waals surface area contributed by atoms with E-state index in [1.54, 1.807) is 12.4 Å². The lowest BCUT2D eigenvalue weighted by Crippen LogP contribution is -2.26. The summed E-state index contributed by atoms with van der Waals surface area (Å²) in [4.78, 5) is 16.0. The van der Waals surface area contributed by atoms with Gasteiger partial charge in [0, 0.05) is 23.4 Å². The van der Waals surface area contributed by atoms with E-state index < -0.39 is 0 Å². The van der Waals surface area contributed by atoms with Crippen LogP contribution in [0.4, 0.5) is 0 Å². The van der Waals surface area contributed by atoms with Gasteiger partial charge in [-0.05, 0) is 59.1 Å². The number of aryl methyl sites for hydroxylation is 1. The Kier molecular flexibility index (Phi) is 4.68. The topological polar surface area (TPSA) is 42.0 Å². The van der Waals surface area contributed by atoms with Crippen LogP contribution in [-0.2, 0) is 6.42 Å². The summed E-state index contributed by atoms with van der Waals surface area (Å²) in [5.74, 6) is -0.0513. The van der Waals surface area contributed by atoms with Crippen molar-refractivity contribution in [2.75, 3.05) is 6.54 Å². The maximum atomic E-state index is 12.1. The predicted octanol–water partition coefficient (Wildman–Crippen LogP) is 3.13. The molecule has 0 aliphatic rings. The van der Waals surface area contributed by atoms with Gasteiger partial charge in [-0.25, -0.2) is 0 Å². The number of hydrogen-bond donors (Lipinski definition) is 1. The fourth-order valence-corrected chi connectivity index (χ4v) is 2.20. The number of rotatable bonds is 4. The molecule has 1 aromatic heterocycles. The second kappa shape index (κ2) is 6.48. The number of amides is 1. The zero-order chi connectivity index (χ0) is 13.7. The summed E-state index contributed by atoms with van der Waals surface area (Å²) in [6, 6.07) is 9.65. The van der Waals surface area contributed by atoms with Gasteiger partial charge in [0.25, 0.3) is 5.91 Å². The van der Waals surface area contributed by atoms with Crippen molar-refractivity contribution in [3.63, 3.8) is 0 Å². The molecule has 2 rings (SSSR count). The van der Waals surface area contributed by atoms with Crippen LogP contribution in [0.5, 0.6) is 0 Å². The van der Waals surface area contributed by atoms with Crippen molar-refractivity contribution in [1.29, 1.82) is 0 Å². The van der Waals surface area contributed by atoms with E-state index in [1.807, 2.05) is 37.3 Å². The molecule has 0 aliphatic heterocycles. The number of benzene rings is 1. The van der Waals surface area contributed by atoms with E-state index in [-0.39, 0.29) is 5.91 Å². The lowest BCUT2D eigenvalue weighted by atomic mass is 10.1. The summed E-state index contributed by atoms with van der Waals surface area (Å²) >= 11 is 3.40. The van der Waals surface area contributed by atoms with Crippen LogP contribution < -0.4 is 5.32 Å². The Bertz CT molecular complexity index is 570. The summed E-state index contributed by atoms with van der Waals surface area (Å²) < 4.78 is 0.819. The van der Waals surface area contributed by atoms with Gasteiger partial charge in [0.05, 0.1) is 5.56 Å². The van der Waals surface area contributed by atoms with Gasteiger partial charge in [-0.2, -0.15) is 0 Å². The SMILES string of the molecule is Cc1ccc(Br)c(C(=O)NCCc2ccncc2)c1. The van der Waals surface area contributed by atoms with Gasteiger partial charge < -0.3 is 5.32 Å². The van der Waals surface area contributed by atoms with Gasteiger partial charge in [-0.3, -0.25) is 9.78 Å². The van der Waals surface area contributed by atoms with E-state index in [1.165, 1.54) is 5.56 Å². The smallest absolute Gasteiger partial charge is 0.252 e. The highest BCUT2D eigenvalue weighted by molar-refractivity contribution is 9.10. The number of halogens is 1. The van der Waals surface area contributed by atoms with Crippen molar-refractivity contribution in [1.82, 2.24) is 10.3 Å². The normalized spacial score (nSPS) is 10.2. The maximum absolute atomic E-state index is 12.1. The highest BCUT2D eigenvalue weighted by Crippen LogP contribution is 2.17. The Morgan fingerprint density at radius 2 is 2.00 bits per heavy atom. The zero-order valence-corrected chi connectivity index (χ0v) is 12.3. The minimum absolute atomic E-state index is 0.0513. The van der Waals surface area contributed by atoms with Gasteiger partial charge in [-0.15, -0.1) is 0 Å². The van der Waals surface area contributed by atoms with Crippen molar-refractivity contribution in [2.45, 2.75) is 13.3 Å². The highest BCUT2D eigenvalue weighted by Gasteiger charge is 2.09. The van der Waals surface area contributed by atoms with Crippen LogP contribution in [0, 0.1) is 6.92 Å². The molecule has 0 aliphatic carbocycles. The molecular formula is C15H15BrN2O. The first kappa shape index (κ1) is 13.7. The zero-order valence-electron chi connectivity index (χ0n) is 10.7. The van der Waals surface area contributed by atoms with E-state index in [9.17, 15) is 4.79 Å². The number of aromatic nitrogens is 1. The van der Waals surface area contributed by atoms with Crippen LogP contribution in [0.25, 0.3) is 0 Å². The summed E-state index contributed by atoms with van der Waals surface area (Å²) in [5, 5.41) is 2.93. The Hall–Kier alpha value is -1.68. The average molecular weight is 319 g/mol. The van der Waals surface area contributed by atoms with E-state index in [4.69, 9.17) is 0 Å². The third-order valence-electron chi connectivity index (χ3n) is 2.82. The second-order valence-corrected chi connectivity index (χ2v) is 5.20. The van der Waals surface area contributed by atoms with Gasteiger partial charge in [0.15, 0.2) is 0 Å². The predicted molar refractivity (Wildman–Crippen MR) is 79.2 cm³/mol. The minimum Gasteiger partial charge on any atom is -0.352 e. The molecule has 0 bridgehead atoms. The quantitative estimate of drug-likeness (QED) is 0.941. The number of nitrogens with zero attached hydrogens (tertiary/aromatic N) is 1. The molecule has 1 heterocycles. The van der Waals surface area contributed by atoms with Crippen molar-refractivity contribution in [2.24, 2.45) is 0 Å². The molecule has 0 saturated carbocycles. The lowest BCUT2D eigenvalue weighted by molar-refractivity contribution is 0.0953. The van der Waals surface area contributed by atoms with Crippen molar-refractivity contribution in [3.8, 4) is 0 Å². The van der Waals surface area contributed by atoms with E-state index >= 15 is 0 Å². The van der Waals surface area contributed by atoms with Crippen LogP contribution in [0.2, 0.25) is 0 Å². The first-order valence-electron chi connectivity index (χ1n) is 6.10. The number of carbonyl (C=O) groups excluding carboxylic acids is 1. The Labute approximate surface area is 121 Å². The Balaban J connectivity index is 1.93. The number of hydrogen-bond acceptors (Lipinski definition) is 2. The molecule has 0 radical (unpaired) electrons. The molecular weight excluding hydrogens is 304 g/mol. The number of pyridine rings is 1. The molecule has 1 amide bonds. The van der Waals surface area contributed by atoms with Crippen molar-refractivity contribution in [3.05, 3.63) is 63.9 Å². The molecule has 0 atom stereocenters. The number of nitrogens with one attached hydrogen (secondary N) is 1. The van der Waals surface area contributed by atoms with Gasteiger partial charge >= 0.3 is 0 Å². The average Bonchev–Trinajstić information content (AvgIpc) is 2.42. The first-order chi connectivity index (χ1) is 9.16. The monoisotopic (exact) mass is 318 g/mol. The summed E-state index contributed by atoms with van der Waals surface area (Å²) in [7, 11) is 0. The molecule has 1 N–H and O–H groups in total.